The van der Waals surface area contributed by atoms with E-state index in [4.69, 9.17) is 23.2 Å². The van der Waals surface area contributed by atoms with Crippen molar-refractivity contribution in [3.05, 3.63) is 63.5 Å². The molecule has 0 saturated carbocycles. The van der Waals surface area contributed by atoms with Gasteiger partial charge in [0.05, 0.1) is 32.6 Å². The number of pyridine rings is 1. The molecule has 0 fully saturated rings. The number of aromatic nitrogens is 2. The average Bonchev–Trinajstić information content (AvgIpc) is 2.83. The van der Waals surface area contributed by atoms with E-state index >= 15 is 0 Å². The lowest BCUT2D eigenvalue weighted by Gasteiger charge is -2.17. The fraction of sp³-hybridized carbons (Fsp3) is 0.263. The normalized spacial score (nSPS) is 11.8. The highest BCUT2D eigenvalue weighted by Crippen LogP contribution is 2.27. The minimum atomic E-state index is -0.870. The van der Waals surface area contributed by atoms with Crippen LogP contribution in [0.5, 0.6) is 0 Å². The molecule has 1 aromatic carbocycles. The van der Waals surface area contributed by atoms with E-state index < -0.39 is 11.5 Å². The number of nitrogens with one attached hydrogen (secondary N) is 1. The number of rotatable bonds is 4. The van der Waals surface area contributed by atoms with Gasteiger partial charge in [-0.05, 0) is 45.0 Å². The van der Waals surface area contributed by atoms with E-state index in [-0.39, 0.29) is 15.6 Å². The van der Waals surface area contributed by atoms with Gasteiger partial charge < -0.3 is 14.8 Å². The number of imidazole rings is 1. The Balaban J connectivity index is 2.02. The fourth-order valence-electron chi connectivity index (χ4n) is 2.85. The molecule has 2 aromatic heterocycles. The number of hydrogen-bond donors (Lipinski definition) is 2. The highest BCUT2D eigenvalue weighted by molar-refractivity contribution is 6.40. The third-order valence-corrected chi connectivity index (χ3v) is 4.62. The zero-order valence-electron chi connectivity index (χ0n) is 14.7. The van der Waals surface area contributed by atoms with E-state index in [0.29, 0.717) is 17.8 Å². The second kappa shape index (κ2) is 6.91. The largest absolute Gasteiger partial charge is 0.390 e. The smallest absolute Gasteiger partial charge is 0.258 e. The molecule has 0 spiro atoms. The van der Waals surface area contributed by atoms with E-state index in [1.807, 2.05) is 23.6 Å². The molecule has 0 aliphatic rings. The van der Waals surface area contributed by atoms with Gasteiger partial charge in [-0.3, -0.25) is 4.79 Å². The fourth-order valence-corrected chi connectivity index (χ4v) is 3.42. The number of carbonyl (C=O) groups excluding carboxylic acids is 1. The van der Waals surface area contributed by atoms with Gasteiger partial charge in [0.25, 0.3) is 5.91 Å². The summed E-state index contributed by atoms with van der Waals surface area (Å²) in [6.07, 6.45) is 2.29. The lowest BCUT2D eigenvalue weighted by molar-refractivity contribution is 0.0795. The van der Waals surface area contributed by atoms with Crippen LogP contribution in [0.15, 0.2) is 36.5 Å². The molecule has 26 heavy (non-hydrogen) atoms. The van der Waals surface area contributed by atoms with Crippen molar-refractivity contribution in [2.75, 3.05) is 5.32 Å². The van der Waals surface area contributed by atoms with Crippen LogP contribution in [-0.4, -0.2) is 26.0 Å². The highest BCUT2D eigenvalue weighted by Gasteiger charge is 2.21. The number of anilines is 1. The first kappa shape index (κ1) is 18.7. The van der Waals surface area contributed by atoms with Crippen LogP contribution in [0.2, 0.25) is 10.0 Å². The van der Waals surface area contributed by atoms with E-state index in [1.165, 1.54) is 0 Å². The zero-order chi connectivity index (χ0) is 19.1. The molecule has 1 amide bonds. The number of fused-ring (bicyclic) bond motifs is 1. The molecule has 0 aliphatic carbocycles. The van der Waals surface area contributed by atoms with Gasteiger partial charge in [0.1, 0.15) is 0 Å². The van der Waals surface area contributed by atoms with E-state index in [0.717, 1.165) is 11.4 Å². The third-order valence-electron chi connectivity index (χ3n) is 3.99. The van der Waals surface area contributed by atoms with Gasteiger partial charge in [0, 0.05) is 18.3 Å². The van der Waals surface area contributed by atoms with Crippen molar-refractivity contribution in [2.45, 2.75) is 32.8 Å². The Morgan fingerprint density at radius 3 is 2.50 bits per heavy atom. The molecule has 0 saturated heterocycles. The highest BCUT2D eigenvalue weighted by atomic mass is 35.5. The molecule has 0 unspecified atom stereocenters. The van der Waals surface area contributed by atoms with Gasteiger partial charge in [0.2, 0.25) is 0 Å². The minimum absolute atomic E-state index is 0.220. The number of hydrogen-bond acceptors (Lipinski definition) is 3. The quantitative estimate of drug-likeness (QED) is 0.686. The predicted molar refractivity (Wildman–Crippen MR) is 104 cm³/mol. The molecule has 3 rings (SSSR count). The Labute approximate surface area is 161 Å². The summed E-state index contributed by atoms with van der Waals surface area (Å²) in [4.78, 5) is 17.2. The number of halogens is 2. The van der Waals surface area contributed by atoms with Crippen LogP contribution in [0.25, 0.3) is 5.65 Å². The van der Waals surface area contributed by atoms with E-state index in [1.54, 1.807) is 38.1 Å². The number of benzene rings is 1. The van der Waals surface area contributed by atoms with Crippen molar-refractivity contribution >= 4 is 40.4 Å². The van der Waals surface area contributed by atoms with Crippen LogP contribution in [0.1, 0.15) is 35.6 Å². The molecular weight excluding hydrogens is 373 g/mol. The summed E-state index contributed by atoms with van der Waals surface area (Å²) in [5.41, 5.74) is 2.17. The number of aliphatic hydroxyl groups is 1. The molecule has 7 heteroatoms. The maximum atomic E-state index is 12.7. The molecule has 5 nitrogen and oxygen atoms in total. The Morgan fingerprint density at radius 2 is 1.88 bits per heavy atom. The Bertz CT molecular complexity index is 970. The van der Waals surface area contributed by atoms with Crippen molar-refractivity contribution in [3.63, 3.8) is 0 Å². The van der Waals surface area contributed by atoms with Gasteiger partial charge in [-0.25, -0.2) is 4.98 Å². The molecule has 0 aliphatic heterocycles. The van der Waals surface area contributed by atoms with Crippen molar-refractivity contribution in [3.8, 4) is 0 Å². The molecule has 2 heterocycles. The van der Waals surface area contributed by atoms with Crippen molar-refractivity contribution in [1.29, 1.82) is 0 Å². The summed E-state index contributed by atoms with van der Waals surface area (Å²) in [5.74, 6) is -0.404. The van der Waals surface area contributed by atoms with Crippen LogP contribution in [0, 0.1) is 6.92 Å². The summed E-state index contributed by atoms with van der Waals surface area (Å²) < 4.78 is 1.87. The van der Waals surface area contributed by atoms with Crippen LogP contribution < -0.4 is 5.32 Å². The van der Waals surface area contributed by atoms with Gasteiger partial charge in [-0.15, -0.1) is 0 Å². The summed E-state index contributed by atoms with van der Waals surface area (Å²) in [5, 5.41) is 13.6. The SMILES string of the molecule is Cc1nc2c(NC(=O)c3c(Cl)cccc3Cl)cccn2c1CC(C)(C)O. The second-order valence-corrected chi connectivity index (χ2v) is 7.61. The van der Waals surface area contributed by atoms with Crippen LogP contribution in [-0.2, 0) is 6.42 Å². The summed E-state index contributed by atoms with van der Waals surface area (Å²) in [6, 6.07) is 8.49. The Hall–Kier alpha value is -2.08. The predicted octanol–water partition coefficient (Wildman–Crippen LogP) is 4.52. The lowest BCUT2D eigenvalue weighted by Crippen LogP contribution is -2.23. The first-order chi connectivity index (χ1) is 12.2. The van der Waals surface area contributed by atoms with Crippen molar-refractivity contribution in [1.82, 2.24) is 9.38 Å². The molecule has 0 radical (unpaired) electrons. The molecule has 3 aromatic rings. The van der Waals surface area contributed by atoms with E-state index in [9.17, 15) is 9.90 Å². The Morgan fingerprint density at radius 1 is 1.23 bits per heavy atom. The molecule has 0 bridgehead atoms. The van der Waals surface area contributed by atoms with E-state index in [2.05, 4.69) is 10.3 Å². The first-order valence-corrected chi connectivity index (χ1v) is 8.87. The molecule has 0 atom stereocenters. The van der Waals surface area contributed by atoms with Gasteiger partial charge in [-0.1, -0.05) is 29.3 Å². The standard InChI is InChI=1S/C19H19Cl2N3O2/c1-11-15(10-19(2,3)26)24-9-5-8-14(17(24)22-11)23-18(25)16-12(20)6-4-7-13(16)21/h4-9,26H,10H2,1-3H3,(H,23,25). The second-order valence-electron chi connectivity index (χ2n) is 6.80. The number of amides is 1. The zero-order valence-corrected chi connectivity index (χ0v) is 16.2. The van der Waals surface area contributed by atoms with Crippen LogP contribution in [0.4, 0.5) is 5.69 Å². The molecular formula is C19H19Cl2N3O2. The van der Waals surface area contributed by atoms with Gasteiger partial charge in [0.15, 0.2) is 5.65 Å². The monoisotopic (exact) mass is 391 g/mol. The van der Waals surface area contributed by atoms with Crippen molar-refractivity contribution < 1.29 is 9.90 Å². The Kier molecular flexibility index (Phi) is 4.97. The number of nitrogens with zero attached hydrogens (tertiary/aromatic N) is 2. The maximum Gasteiger partial charge on any atom is 0.258 e. The average molecular weight is 392 g/mol. The number of carbonyl (C=O) groups is 1. The lowest BCUT2D eigenvalue weighted by atomic mass is 10.0. The van der Waals surface area contributed by atoms with Gasteiger partial charge >= 0.3 is 0 Å². The summed E-state index contributed by atoms with van der Waals surface area (Å²) in [7, 11) is 0. The summed E-state index contributed by atoms with van der Waals surface area (Å²) in [6.45, 7) is 5.37. The maximum absolute atomic E-state index is 12.7. The first-order valence-electron chi connectivity index (χ1n) is 8.11. The van der Waals surface area contributed by atoms with Crippen LogP contribution >= 0.6 is 23.2 Å². The molecule has 2 N–H and O–H groups in total. The third kappa shape index (κ3) is 3.70. The van der Waals surface area contributed by atoms with Crippen molar-refractivity contribution in [2.24, 2.45) is 0 Å². The minimum Gasteiger partial charge on any atom is -0.390 e. The van der Waals surface area contributed by atoms with Crippen LogP contribution in [0.3, 0.4) is 0 Å². The van der Waals surface area contributed by atoms with Gasteiger partial charge in [-0.2, -0.15) is 0 Å². The summed E-state index contributed by atoms with van der Waals surface area (Å²) >= 11 is 12.2. The topological polar surface area (TPSA) is 66.6 Å². The number of aryl methyl sites for hydroxylation is 1. The molecule has 136 valence electrons.